The van der Waals surface area contributed by atoms with Crippen molar-refractivity contribution in [3.05, 3.63) is 83.4 Å². The molecule has 3 aliphatic heterocycles. The van der Waals surface area contributed by atoms with E-state index in [1.807, 2.05) is 21.6 Å². The fraction of sp³-hybridized carbons (Fsp3) is 0.535. The second-order valence-corrected chi connectivity index (χ2v) is 16.4. The number of aliphatic carboxylic acids is 1. The first kappa shape index (κ1) is 51.9. The number of carbonyl (C=O) groups is 2. The van der Waals surface area contributed by atoms with E-state index in [0.29, 0.717) is 83.7 Å². The molecule has 0 aliphatic carbocycles. The summed E-state index contributed by atoms with van der Waals surface area (Å²) in [5.74, 6) is -0.740. The number of carboxylic acid groups (broad SMARTS) is 1. The van der Waals surface area contributed by atoms with E-state index in [4.69, 9.17) is 5.11 Å². The van der Waals surface area contributed by atoms with Crippen molar-refractivity contribution in [3.63, 3.8) is 0 Å². The van der Waals surface area contributed by atoms with E-state index in [2.05, 4.69) is 15.1 Å². The first-order valence-electron chi connectivity index (χ1n) is 20.6. The van der Waals surface area contributed by atoms with E-state index in [0.717, 1.165) is 79.5 Å². The molecule has 63 heavy (non-hydrogen) atoms. The molecule has 3 heterocycles. The van der Waals surface area contributed by atoms with Gasteiger partial charge in [0.15, 0.2) is 0 Å². The molecule has 3 fully saturated rings. The smallest absolute Gasteiger partial charge is 0.417 e. The van der Waals surface area contributed by atoms with Crippen LogP contribution in [0.4, 0.5) is 56.6 Å². The minimum absolute atomic E-state index is 0. The number of amides is 1. The van der Waals surface area contributed by atoms with Crippen molar-refractivity contribution in [1.29, 1.82) is 0 Å². The number of hydrogen-bond donors (Lipinski definition) is 2. The van der Waals surface area contributed by atoms with Crippen LogP contribution >= 0.6 is 11.8 Å². The molecular weight excluding hydrogens is 859 g/mol. The van der Waals surface area contributed by atoms with Crippen LogP contribution in [0.3, 0.4) is 0 Å². The molecule has 3 saturated heterocycles. The van der Waals surface area contributed by atoms with Crippen LogP contribution in [0.5, 0.6) is 0 Å². The number of halogens is 9. The number of rotatable bonds is 12. The molecule has 0 bridgehead atoms. The van der Waals surface area contributed by atoms with Gasteiger partial charge in [-0.3, -0.25) is 19.4 Å². The number of likely N-dealkylation sites (tertiary alicyclic amines) is 1. The first-order chi connectivity index (χ1) is 29.3. The number of anilines is 3. The number of thioether (sulfide) groups is 1. The monoisotopic (exact) mass is 911 g/mol. The third kappa shape index (κ3) is 14.9. The number of alkyl halides is 9. The van der Waals surface area contributed by atoms with Crippen molar-refractivity contribution in [1.82, 2.24) is 14.7 Å². The molecule has 6 rings (SSSR count). The van der Waals surface area contributed by atoms with Gasteiger partial charge < -0.3 is 25.1 Å². The topological polar surface area (TPSA) is 82.6 Å². The number of carboxylic acids is 1. The summed E-state index contributed by atoms with van der Waals surface area (Å²) in [6, 6.07) is 14.2. The fourth-order valence-corrected chi connectivity index (χ4v) is 8.57. The van der Waals surface area contributed by atoms with Gasteiger partial charge in [-0.15, -0.1) is 11.8 Å². The average Bonchev–Trinajstić information content (AvgIpc) is 3.24. The summed E-state index contributed by atoms with van der Waals surface area (Å²) in [5.41, 5.74) is -0.00575. The molecule has 1 unspecified atom stereocenters. The van der Waals surface area contributed by atoms with Gasteiger partial charge in [0.1, 0.15) is 6.04 Å². The van der Waals surface area contributed by atoms with Crippen molar-refractivity contribution in [2.24, 2.45) is 0 Å². The maximum atomic E-state index is 13.4. The van der Waals surface area contributed by atoms with Crippen LogP contribution in [-0.4, -0.2) is 141 Å². The van der Waals surface area contributed by atoms with Crippen molar-refractivity contribution >= 4 is 59.6 Å². The maximum Gasteiger partial charge on any atom is 0.417 e. The van der Waals surface area contributed by atoms with Crippen molar-refractivity contribution in [2.75, 3.05) is 93.4 Å². The summed E-state index contributed by atoms with van der Waals surface area (Å²) >= 11 is 1.07. The molecular formula is C43H53F9LiN6O3S. The molecule has 343 valence electrons. The Labute approximate surface area is 378 Å². The van der Waals surface area contributed by atoms with Crippen molar-refractivity contribution < 1.29 is 54.2 Å². The molecule has 9 nitrogen and oxygen atoms in total. The Morgan fingerprint density at radius 1 is 0.714 bits per heavy atom. The quantitative estimate of drug-likeness (QED) is 0.105. The van der Waals surface area contributed by atoms with Gasteiger partial charge in [0.25, 0.3) is 0 Å². The van der Waals surface area contributed by atoms with E-state index >= 15 is 0 Å². The van der Waals surface area contributed by atoms with Crippen LogP contribution in [-0.2, 0) is 28.1 Å². The van der Waals surface area contributed by atoms with E-state index in [-0.39, 0.29) is 35.7 Å². The van der Waals surface area contributed by atoms with Crippen molar-refractivity contribution in [2.45, 2.75) is 74.5 Å². The summed E-state index contributed by atoms with van der Waals surface area (Å²) in [5, 5.41) is 12.4. The Balaban J connectivity index is 0.000000321. The van der Waals surface area contributed by atoms with Gasteiger partial charge in [0.05, 0.1) is 16.7 Å². The number of carbonyl (C=O) groups excluding carboxylic acids is 1. The number of piperidine rings is 1. The summed E-state index contributed by atoms with van der Waals surface area (Å²) in [6.45, 7) is 9.12. The van der Waals surface area contributed by atoms with E-state index in [1.165, 1.54) is 30.3 Å². The largest absolute Gasteiger partial charge is 0.480 e. The zero-order valence-corrected chi connectivity index (χ0v) is 36.4. The molecule has 0 saturated carbocycles. The Morgan fingerprint density at radius 2 is 1.21 bits per heavy atom. The van der Waals surface area contributed by atoms with Gasteiger partial charge in [-0.25, -0.2) is 0 Å². The molecule has 20 heteroatoms. The van der Waals surface area contributed by atoms with Gasteiger partial charge >= 0.3 is 24.5 Å². The van der Waals surface area contributed by atoms with Gasteiger partial charge in [0.2, 0.25) is 5.91 Å². The molecule has 3 aliphatic rings. The molecule has 0 aromatic heterocycles. The fourth-order valence-electron chi connectivity index (χ4n) is 7.97. The zero-order valence-electron chi connectivity index (χ0n) is 35.6. The minimum Gasteiger partial charge on any atom is -0.480 e. The molecule has 1 atom stereocenters. The van der Waals surface area contributed by atoms with Gasteiger partial charge in [-0.2, -0.15) is 39.5 Å². The van der Waals surface area contributed by atoms with Gasteiger partial charge in [-0.05, 0) is 105 Å². The third-order valence-electron chi connectivity index (χ3n) is 11.5. The van der Waals surface area contributed by atoms with Crippen LogP contribution in [0.1, 0.15) is 55.7 Å². The van der Waals surface area contributed by atoms with Crippen molar-refractivity contribution in [3.8, 4) is 0 Å². The first-order valence-corrected chi connectivity index (χ1v) is 21.8. The van der Waals surface area contributed by atoms with Crippen LogP contribution in [0.2, 0.25) is 0 Å². The second-order valence-electron chi connectivity index (χ2n) is 15.5. The number of piperazine rings is 2. The molecule has 0 spiro atoms. The van der Waals surface area contributed by atoms with Gasteiger partial charge in [-0.1, -0.05) is 6.92 Å². The van der Waals surface area contributed by atoms with Crippen LogP contribution < -0.4 is 15.1 Å². The summed E-state index contributed by atoms with van der Waals surface area (Å²) in [4.78, 5) is 34.1. The van der Waals surface area contributed by atoms with Crippen LogP contribution in [0, 0.1) is 0 Å². The van der Waals surface area contributed by atoms with Crippen LogP contribution in [0.15, 0.2) is 71.6 Å². The molecule has 1 radical (unpaired) electrons. The number of nitrogens with one attached hydrogen (secondary N) is 1. The Morgan fingerprint density at radius 3 is 1.63 bits per heavy atom. The van der Waals surface area contributed by atoms with Crippen LogP contribution in [0.25, 0.3) is 0 Å². The average molecular weight is 912 g/mol. The summed E-state index contributed by atoms with van der Waals surface area (Å²) in [6.07, 6.45) is -8.42. The minimum atomic E-state index is -4.41. The third-order valence-corrected chi connectivity index (χ3v) is 12.3. The predicted octanol–water partition coefficient (Wildman–Crippen LogP) is 8.76. The SMILES string of the molecule is CCC(C(=O)O)N1CCN(c2ccc(C(F)(F)F)cc2)CC1.CSc1ccc(NC2CCN(C(=O)CCCN3CCN(c4ccc(C(F)(F)F)cc4)CC3)CC2)cc1C(F)(F)F.[Li]. The summed E-state index contributed by atoms with van der Waals surface area (Å²) < 4.78 is 116. The second kappa shape index (κ2) is 22.9. The molecule has 1 amide bonds. The molecule has 2 N–H and O–H groups in total. The Kier molecular flexibility index (Phi) is 18.9. The number of hydrogen-bond acceptors (Lipinski definition) is 8. The van der Waals surface area contributed by atoms with E-state index in [9.17, 15) is 49.1 Å². The Hall–Kier alpha value is -3.76. The number of nitrogens with zero attached hydrogens (tertiary/aromatic N) is 5. The maximum absolute atomic E-state index is 13.4. The Bertz CT molecular complexity index is 1900. The normalized spacial score (nSPS) is 17.7. The molecule has 3 aromatic rings. The van der Waals surface area contributed by atoms with Gasteiger partial charge in [0, 0.05) is 119 Å². The van der Waals surface area contributed by atoms with E-state index < -0.39 is 47.2 Å². The predicted molar refractivity (Wildman–Crippen MR) is 228 cm³/mol. The summed E-state index contributed by atoms with van der Waals surface area (Å²) in [7, 11) is 0. The van der Waals surface area contributed by atoms with E-state index in [1.54, 1.807) is 12.3 Å². The molecule has 3 aromatic carbocycles. The zero-order chi connectivity index (χ0) is 45.2. The number of benzene rings is 3. The standard InChI is InChI=1S/C28H34F6N4OS.C15H19F3N2O2.Li/c1-40-25-9-6-22(19-24(25)28(32,33)34)35-21-10-13-38(14-11-21)26(39)3-2-12-36-15-17-37(18-16-36)23-7-4-20(5-8-23)27(29,30)31;1-2-13(14(21)22)20-9-7-19(8-10-20)12-5-3-11(4-6-12)15(16,17)18;/h4-9,19,21,35H,2-3,10-18H2,1H3;3-6,13H,2,7-10H2,1H3,(H,21,22);.